The molecule has 0 radical (unpaired) electrons. The molecule has 0 saturated heterocycles. The van der Waals surface area contributed by atoms with Crippen LogP contribution in [0.3, 0.4) is 0 Å². The third-order valence-electron chi connectivity index (χ3n) is 4.09. The van der Waals surface area contributed by atoms with Gasteiger partial charge in [0.1, 0.15) is 12.9 Å². The monoisotopic (exact) mass is 311 g/mol. The Morgan fingerprint density at radius 2 is 2.17 bits per heavy atom. The van der Waals surface area contributed by atoms with Crippen LogP contribution in [-0.4, -0.2) is 20.8 Å². The maximum atomic E-state index is 6.49. The molecule has 1 aliphatic rings. The van der Waals surface area contributed by atoms with E-state index in [-0.39, 0.29) is 6.04 Å². The number of rotatable bonds is 5. The average Bonchev–Trinajstić information content (AvgIpc) is 2.96. The van der Waals surface area contributed by atoms with Gasteiger partial charge in [0.2, 0.25) is 0 Å². The van der Waals surface area contributed by atoms with Crippen molar-refractivity contribution >= 4 is 0 Å². The Kier molecular flexibility index (Phi) is 4.38. The first-order valence-corrected chi connectivity index (χ1v) is 7.50. The SMILES string of the molecule is Cn1ncnc1COCc1cccc(C2(N)C=CC=CC2N)c1. The summed E-state index contributed by atoms with van der Waals surface area (Å²) in [6.07, 6.45) is 9.22. The van der Waals surface area contributed by atoms with E-state index in [0.29, 0.717) is 13.2 Å². The van der Waals surface area contributed by atoms with E-state index >= 15 is 0 Å². The third-order valence-corrected chi connectivity index (χ3v) is 4.09. The molecule has 6 heteroatoms. The van der Waals surface area contributed by atoms with Gasteiger partial charge in [-0.3, -0.25) is 4.68 Å². The van der Waals surface area contributed by atoms with E-state index in [0.717, 1.165) is 17.0 Å². The predicted octanol–water partition coefficient (Wildman–Crippen LogP) is 1.14. The van der Waals surface area contributed by atoms with Gasteiger partial charge in [0.25, 0.3) is 0 Å². The number of benzene rings is 1. The Morgan fingerprint density at radius 3 is 2.91 bits per heavy atom. The largest absolute Gasteiger partial charge is 0.369 e. The van der Waals surface area contributed by atoms with Gasteiger partial charge >= 0.3 is 0 Å². The van der Waals surface area contributed by atoms with Gasteiger partial charge in [-0.05, 0) is 11.1 Å². The number of aryl methyl sites for hydroxylation is 1. The number of allylic oxidation sites excluding steroid dienone is 2. The van der Waals surface area contributed by atoms with Crippen LogP contribution in [0.5, 0.6) is 0 Å². The first-order valence-electron chi connectivity index (χ1n) is 7.50. The van der Waals surface area contributed by atoms with Crippen LogP contribution >= 0.6 is 0 Å². The molecule has 3 rings (SSSR count). The van der Waals surface area contributed by atoms with Gasteiger partial charge in [-0.1, -0.05) is 48.6 Å². The van der Waals surface area contributed by atoms with Gasteiger partial charge in [0.15, 0.2) is 5.82 Å². The van der Waals surface area contributed by atoms with Gasteiger partial charge in [-0.15, -0.1) is 0 Å². The van der Waals surface area contributed by atoms with E-state index in [9.17, 15) is 0 Å². The number of hydrogen-bond acceptors (Lipinski definition) is 5. The Balaban J connectivity index is 1.69. The van der Waals surface area contributed by atoms with Crippen molar-refractivity contribution in [2.45, 2.75) is 24.8 Å². The van der Waals surface area contributed by atoms with Crippen molar-refractivity contribution in [2.24, 2.45) is 18.5 Å². The van der Waals surface area contributed by atoms with E-state index in [1.165, 1.54) is 6.33 Å². The number of aromatic nitrogens is 3. The zero-order chi connectivity index (χ0) is 16.3. The lowest BCUT2D eigenvalue weighted by atomic mass is 9.81. The third kappa shape index (κ3) is 3.24. The number of ether oxygens (including phenoxy) is 1. The van der Waals surface area contributed by atoms with E-state index in [2.05, 4.69) is 10.1 Å². The van der Waals surface area contributed by atoms with Crippen LogP contribution in [0.15, 0.2) is 54.9 Å². The number of nitrogens with two attached hydrogens (primary N) is 2. The lowest BCUT2D eigenvalue weighted by molar-refractivity contribution is 0.0992. The molecule has 0 aliphatic heterocycles. The highest BCUT2D eigenvalue weighted by atomic mass is 16.5. The van der Waals surface area contributed by atoms with Crippen molar-refractivity contribution in [2.75, 3.05) is 0 Å². The molecular weight excluding hydrogens is 290 g/mol. The molecule has 1 aromatic heterocycles. The van der Waals surface area contributed by atoms with Crippen molar-refractivity contribution < 1.29 is 4.74 Å². The number of hydrogen-bond donors (Lipinski definition) is 2. The lowest BCUT2D eigenvalue weighted by Gasteiger charge is -2.33. The maximum absolute atomic E-state index is 6.49. The second kappa shape index (κ2) is 6.45. The molecule has 0 amide bonds. The summed E-state index contributed by atoms with van der Waals surface area (Å²) in [7, 11) is 1.84. The van der Waals surface area contributed by atoms with E-state index in [1.807, 2.05) is 55.6 Å². The summed E-state index contributed by atoms with van der Waals surface area (Å²) < 4.78 is 7.42. The lowest BCUT2D eigenvalue weighted by Crippen LogP contribution is -2.51. The first kappa shape index (κ1) is 15.6. The standard InChI is InChI=1S/C17H21N5O/c1-22-16(20-12-21-22)11-23-10-13-5-4-6-14(9-13)17(19)8-3-2-7-15(17)18/h2-9,12,15H,10-11,18-19H2,1H3. The van der Waals surface area contributed by atoms with Crippen LogP contribution in [0.1, 0.15) is 17.0 Å². The summed E-state index contributed by atoms with van der Waals surface area (Å²) in [6.45, 7) is 0.891. The van der Waals surface area contributed by atoms with Gasteiger partial charge in [0.05, 0.1) is 12.1 Å². The summed E-state index contributed by atoms with van der Waals surface area (Å²) in [6, 6.07) is 7.78. The van der Waals surface area contributed by atoms with E-state index in [1.54, 1.807) is 4.68 Å². The fourth-order valence-corrected chi connectivity index (χ4v) is 2.60. The van der Waals surface area contributed by atoms with Crippen LogP contribution in [-0.2, 0) is 30.5 Å². The summed E-state index contributed by atoms with van der Waals surface area (Å²) >= 11 is 0. The molecule has 1 aromatic carbocycles. The van der Waals surface area contributed by atoms with Crippen molar-refractivity contribution in [3.05, 3.63) is 71.8 Å². The summed E-state index contributed by atoms with van der Waals surface area (Å²) in [4.78, 5) is 4.13. The van der Waals surface area contributed by atoms with Gasteiger partial charge < -0.3 is 16.2 Å². The Labute approximate surface area is 135 Å². The second-order valence-corrected chi connectivity index (χ2v) is 5.70. The van der Waals surface area contributed by atoms with Gasteiger partial charge in [-0.25, -0.2) is 4.98 Å². The molecule has 0 fully saturated rings. The smallest absolute Gasteiger partial charge is 0.152 e. The highest BCUT2D eigenvalue weighted by molar-refractivity contribution is 5.39. The maximum Gasteiger partial charge on any atom is 0.152 e. The first-order chi connectivity index (χ1) is 11.1. The molecule has 2 aromatic rings. The summed E-state index contributed by atoms with van der Waals surface area (Å²) in [5, 5.41) is 4.02. The van der Waals surface area contributed by atoms with Crippen molar-refractivity contribution in [1.29, 1.82) is 0 Å². The zero-order valence-corrected chi connectivity index (χ0v) is 13.1. The Bertz CT molecular complexity index is 736. The topological polar surface area (TPSA) is 92.0 Å². The molecule has 0 spiro atoms. The molecule has 2 unspecified atom stereocenters. The minimum atomic E-state index is -0.686. The fourth-order valence-electron chi connectivity index (χ4n) is 2.60. The van der Waals surface area contributed by atoms with E-state index < -0.39 is 5.54 Å². The van der Waals surface area contributed by atoms with Crippen LogP contribution in [0.25, 0.3) is 0 Å². The van der Waals surface area contributed by atoms with Gasteiger partial charge in [-0.2, -0.15) is 5.10 Å². The van der Waals surface area contributed by atoms with Crippen LogP contribution < -0.4 is 11.5 Å². The Morgan fingerprint density at radius 1 is 1.30 bits per heavy atom. The highest BCUT2D eigenvalue weighted by Crippen LogP contribution is 2.27. The fraction of sp³-hybridized carbons (Fsp3) is 0.294. The van der Waals surface area contributed by atoms with Crippen molar-refractivity contribution in [3.8, 4) is 0 Å². The summed E-state index contributed by atoms with van der Waals surface area (Å²) in [5.41, 5.74) is 14.0. The normalized spacial score (nSPS) is 23.3. The number of nitrogens with zero attached hydrogens (tertiary/aromatic N) is 3. The van der Waals surface area contributed by atoms with Gasteiger partial charge in [0, 0.05) is 13.1 Å². The second-order valence-electron chi connectivity index (χ2n) is 5.70. The molecular formula is C17H21N5O. The highest BCUT2D eigenvalue weighted by Gasteiger charge is 2.31. The quantitative estimate of drug-likeness (QED) is 0.864. The molecule has 1 aliphatic carbocycles. The predicted molar refractivity (Wildman–Crippen MR) is 88.1 cm³/mol. The molecule has 2 atom stereocenters. The average molecular weight is 311 g/mol. The van der Waals surface area contributed by atoms with Crippen molar-refractivity contribution in [1.82, 2.24) is 14.8 Å². The molecule has 0 bridgehead atoms. The zero-order valence-electron chi connectivity index (χ0n) is 13.1. The summed E-state index contributed by atoms with van der Waals surface area (Å²) in [5.74, 6) is 0.791. The molecule has 0 saturated carbocycles. The molecule has 23 heavy (non-hydrogen) atoms. The minimum Gasteiger partial charge on any atom is -0.369 e. The molecule has 1 heterocycles. The molecule has 4 N–H and O–H groups in total. The van der Waals surface area contributed by atoms with Crippen LogP contribution in [0, 0.1) is 0 Å². The molecule has 120 valence electrons. The molecule has 6 nitrogen and oxygen atoms in total. The van der Waals surface area contributed by atoms with Crippen LogP contribution in [0.2, 0.25) is 0 Å². The minimum absolute atomic E-state index is 0.248. The van der Waals surface area contributed by atoms with Crippen molar-refractivity contribution in [3.63, 3.8) is 0 Å². The Hall–Kier alpha value is -2.28. The van der Waals surface area contributed by atoms with E-state index in [4.69, 9.17) is 16.2 Å². The van der Waals surface area contributed by atoms with Crippen LogP contribution in [0.4, 0.5) is 0 Å².